The van der Waals surface area contributed by atoms with Crippen LogP contribution in [0, 0.1) is 16.0 Å². The normalized spacial score (nSPS) is 29.7. The highest BCUT2D eigenvalue weighted by Crippen LogP contribution is 2.56. The topological polar surface area (TPSA) is 190 Å². The van der Waals surface area contributed by atoms with Crippen LogP contribution in [0.5, 0.6) is 0 Å². The number of primary amides is 1. The van der Waals surface area contributed by atoms with Crippen LogP contribution < -0.4 is 16.8 Å². The van der Waals surface area contributed by atoms with Crippen LogP contribution in [0.2, 0.25) is 0 Å². The van der Waals surface area contributed by atoms with Gasteiger partial charge in [0, 0.05) is 42.3 Å². The molecule has 0 bridgehead atoms. The van der Waals surface area contributed by atoms with Crippen LogP contribution in [-0.4, -0.2) is 65.6 Å². The number of rotatable bonds is 6. The van der Waals surface area contributed by atoms with Crippen molar-refractivity contribution in [1.82, 2.24) is 10.2 Å². The van der Waals surface area contributed by atoms with Crippen molar-refractivity contribution in [2.45, 2.75) is 22.7 Å². The summed E-state index contributed by atoms with van der Waals surface area (Å²) >= 11 is 0.965. The molecule has 1 aromatic carbocycles. The van der Waals surface area contributed by atoms with Crippen molar-refractivity contribution in [3.8, 4) is 0 Å². The van der Waals surface area contributed by atoms with Gasteiger partial charge in [-0.15, -0.1) is 0 Å². The van der Waals surface area contributed by atoms with Crippen molar-refractivity contribution in [2.24, 2.45) is 17.4 Å². The highest BCUT2D eigenvalue weighted by molar-refractivity contribution is 8.04. The standard InChI is InChI=1S/C20H19N5O7S/c1-31-20-10(7-32-19(22)28)12-14(24(20)6-11-18(20)23-11)16(27)17(13(21)15(12)26)33-9-4-2-8(3-5-9)25(29)30/h2-5,10-11,18,23H,6-7,21H2,1H3,(H2,22,28)/t10-,11+,18+,20-/m1/s1. The lowest BCUT2D eigenvalue weighted by atomic mass is 9.84. The van der Waals surface area contributed by atoms with E-state index in [-0.39, 0.29) is 46.3 Å². The van der Waals surface area contributed by atoms with Crippen LogP contribution >= 0.6 is 11.8 Å². The number of methoxy groups -OCH3 is 1. The molecule has 5 N–H and O–H groups in total. The van der Waals surface area contributed by atoms with Gasteiger partial charge in [0.05, 0.1) is 33.2 Å². The average molecular weight is 473 g/mol. The third-order valence-electron chi connectivity index (χ3n) is 6.45. The largest absolute Gasteiger partial charge is 0.449 e. The van der Waals surface area contributed by atoms with Gasteiger partial charge in [-0.2, -0.15) is 0 Å². The summed E-state index contributed by atoms with van der Waals surface area (Å²) in [5, 5.41) is 14.2. The molecule has 3 heterocycles. The second-order valence-corrected chi connectivity index (χ2v) is 9.10. The van der Waals surface area contributed by atoms with E-state index in [1.165, 1.54) is 31.4 Å². The molecule has 0 radical (unpaired) electrons. The number of non-ortho nitro benzene ring substituents is 1. The molecule has 1 aromatic rings. The fourth-order valence-electron chi connectivity index (χ4n) is 5.03. The Morgan fingerprint density at radius 1 is 1.33 bits per heavy atom. The van der Waals surface area contributed by atoms with Gasteiger partial charge in [0.15, 0.2) is 5.72 Å². The predicted molar refractivity (Wildman–Crippen MR) is 113 cm³/mol. The molecule has 1 aliphatic carbocycles. The predicted octanol–water partition coefficient (Wildman–Crippen LogP) is -0.0131. The molecule has 12 nitrogen and oxygen atoms in total. The van der Waals surface area contributed by atoms with E-state index >= 15 is 0 Å². The smallest absolute Gasteiger partial charge is 0.404 e. The number of hydrogen-bond donors (Lipinski definition) is 3. The lowest BCUT2D eigenvalue weighted by Crippen LogP contribution is -2.55. The zero-order chi connectivity index (χ0) is 23.7. The van der Waals surface area contributed by atoms with E-state index in [1.54, 1.807) is 4.90 Å². The number of amides is 1. The van der Waals surface area contributed by atoms with Crippen LogP contribution in [0.3, 0.4) is 0 Å². The van der Waals surface area contributed by atoms with Crippen molar-refractivity contribution in [3.63, 3.8) is 0 Å². The molecular weight excluding hydrogens is 454 g/mol. The Hall–Kier alpha value is -3.42. The third kappa shape index (κ3) is 2.96. The van der Waals surface area contributed by atoms with Gasteiger partial charge < -0.3 is 31.2 Å². The molecule has 5 rings (SSSR count). The first kappa shape index (κ1) is 21.4. The van der Waals surface area contributed by atoms with E-state index in [2.05, 4.69) is 5.32 Å². The summed E-state index contributed by atoms with van der Waals surface area (Å²) in [5.74, 6) is -1.76. The van der Waals surface area contributed by atoms with E-state index in [1.807, 2.05) is 0 Å². The third-order valence-corrected chi connectivity index (χ3v) is 7.57. The fourth-order valence-corrected chi connectivity index (χ4v) is 5.93. The highest BCUT2D eigenvalue weighted by Gasteiger charge is 2.72. The number of carbonyl (C=O) groups excluding carboxylic acids is 3. The minimum atomic E-state index is -1.09. The zero-order valence-corrected chi connectivity index (χ0v) is 18.1. The number of ether oxygens (including phenoxy) is 2. The summed E-state index contributed by atoms with van der Waals surface area (Å²) in [7, 11) is 1.48. The molecular formula is C20H19N5O7S. The molecule has 0 saturated carbocycles. The first-order chi connectivity index (χ1) is 15.7. The molecule has 2 fully saturated rings. The Labute approximate surface area is 191 Å². The molecule has 33 heavy (non-hydrogen) atoms. The van der Waals surface area contributed by atoms with E-state index in [0.717, 1.165) is 11.8 Å². The summed E-state index contributed by atoms with van der Waals surface area (Å²) in [4.78, 5) is 51.0. The number of hydrogen-bond acceptors (Lipinski definition) is 11. The highest BCUT2D eigenvalue weighted by atomic mass is 32.2. The van der Waals surface area contributed by atoms with Gasteiger partial charge in [-0.05, 0) is 12.1 Å². The van der Waals surface area contributed by atoms with Crippen LogP contribution in [0.15, 0.2) is 51.0 Å². The number of nitrogens with one attached hydrogen (secondary N) is 1. The minimum absolute atomic E-state index is 0.0302. The molecule has 1 amide bonds. The van der Waals surface area contributed by atoms with Crippen molar-refractivity contribution in [2.75, 3.05) is 20.3 Å². The molecule has 13 heteroatoms. The summed E-state index contributed by atoms with van der Waals surface area (Å²) in [6.45, 7) is 0.180. The van der Waals surface area contributed by atoms with Crippen LogP contribution in [-0.2, 0) is 19.1 Å². The number of Topliss-reactive ketones (excluding diaryl/α,β-unsaturated/α-hetero) is 2. The van der Waals surface area contributed by atoms with Gasteiger partial charge in [0.25, 0.3) is 5.69 Å². The summed E-state index contributed by atoms with van der Waals surface area (Å²) in [6.07, 6.45) is -1.01. The number of fused-ring (bicyclic) bond motifs is 4. The van der Waals surface area contributed by atoms with Gasteiger partial charge in [-0.3, -0.25) is 19.7 Å². The number of nitro groups is 1. The van der Waals surface area contributed by atoms with Gasteiger partial charge in [-0.1, -0.05) is 11.8 Å². The number of nitrogens with zero attached hydrogens (tertiary/aromatic N) is 2. The maximum atomic E-state index is 13.6. The molecule has 4 aliphatic rings. The van der Waals surface area contributed by atoms with E-state index in [9.17, 15) is 24.5 Å². The Kier molecular flexibility index (Phi) is 4.74. The fraction of sp³-hybridized carbons (Fsp3) is 0.350. The molecule has 172 valence electrons. The second kappa shape index (κ2) is 7.30. The lowest BCUT2D eigenvalue weighted by Gasteiger charge is -2.39. The van der Waals surface area contributed by atoms with Gasteiger partial charge in [0.2, 0.25) is 11.6 Å². The Morgan fingerprint density at radius 2 is 2.03 bits per heavy atom. The Morgan fingerprint density at radius 3 is 2.64 bits per heavy atom. The van der Waals surface area contributed by atoms with Gasteiger partial charge in [-0.25, -0.2) is 4.79 Å². The first-order valence-corrected chi connectivity index (χ1v) is 10.8. The van der Waals surface area contributed by atoms with E-state index < -0.39 is 34.2 Å². The number of nitro benzene ring substituents is 1. The monoisotopic (exact) mass is 473 g/mol. The summed E-state index contributed by atoms with van der Waals surface area (Å²) in [5.41, 5.74) is 10.2. The quantitative estimate of drug-likeness (QED) is 0.218. The molecule has 0 unspecified atom stereocenters. The van der Waals surface area contributed by atoms with E-state index in [0.29, 0.717) is 11.4 Å². The molecule has 3 aliphatic heterocycles. The van der Waals surface area contributed by atoms with Crippen molar-refractivity contribution in [3.05, 3.63) is 56.3 Å². The maximum absolute atomic E-state index is 13.6. The first-order valence-electron chi connectivity index (χ1n) is 9.97. The van der Waals surface area contributed by atoms with Crippen molar-refractivity contribution in [1.29, 1.82) is 0 Å². The zero-order valence-electron chi connectivity index (χ0n) is 17.3. The van der Waals surface area contributed by atoms with Crippen LogP contribution in [0.4, 0.5) is 10.5 Å². The molecule has 0 spiro atoms. The second-order valence-electron chi connectivity index (χ2n) is 8.02. The Balaban J connectivity index is 1.52. The van der Waals surface area contributed by atoms with Gasteiger partial charge in [0.1, 0.15) is 6.61 Å². The van der Waals surface area contributed by atoms with Crippen LogP contribution in [0.1, 0.15) is 0 Å². The van der Waals surface area contributed by atoms with Crippen molar-refractivity contribution < 1.29 is 28.8 Å². The number of nitrogens with two attached hydrogens (primary N) is 2. The maximum Gasteiger partial charge on any atom is 0.404 e. The van der Waals surface area contributed by atoms with Gasteiger partial charge >= 0.3 is 6.09 Å². The summed E-state index contributed by atoms with van der Waals surface area (Å²) < 4.78 is 10.9. The number of piperazine rings is 1. The molecule has 2 saturated heterocycles. The average Bonchev–Trinajstić information content (AvgIpc) is 3.40. The lowest BCUT2D eigenvalue weighted by molar-refractivity contribution is -0.384. The number of ketones is 2. The molecule has 0 aromatic heterocycles. The molecule has 4 atom stereocenters. The van der Waals surface area contributed by atoms with E-state index in [4.69, 9.17) is 20.9 Å². The number of allylic oxidation sites excluding steroid dienone is 2. The number of carbonyl (C=O) groups is 3. The minimum Gasteiger partial charge on any atom is -0.449 e. The van der Waals surface area contributed by atoms with Crippen LogP contribution in [0.25, 0.3) is 0 Å². The number of benzene rings is 1. The van der Waals surface area contributed by atoms with Crippen molar-refractivity contribution >= 4 is 35.1 Å². The number of thioether (sulfide) groups is 1. The summed E-state index contributed by atoms with van der Waals surface area (Å²) in [6, 6.07) is 5.48. The Bertz CT molecular complexity index is 1180. The SMILES string of the molecule is CO[C@@]12[C@H](COC(N)=O)C3=C(C(=O)C(Sc4ccc([N+](=O)[O-])cc4)=C(N)C3=O)N1C[C@@H]1N[C@@H]12.